The molecule has 0 N–H and O–H groups in total. The number of carbonyl (C=O) groups is 2. The number of fused-ring (bicyclic) bond motifs is 2. The summed E-state index contributed by atoms with van der Waals surface area (Å²) < 4.78 is 11.5. The number of Topliss-reactive ketones (excluding diaryl/α,β-unsaturated/α-hetero) is 1. The van der Waals surface area contributed by atoms with E-state index in [1.807, 2.05) is 0 Å². The number of ketones is 1. The van der Waals surface area contributed by atoms with Gasteiger partial charge in [0.1, 0.15) is 12.1 Å². The van der Waals surface area contributed by atoms with Crippen LogP contribution >= 0.6 is 0 Å². The van der Waals surface area contributed by atoms with Crippen molar-refractivity contribution < 1.29 is 19.1 Å². The van der Waals surface area contributed by atoms with Gasteiger partial charge in [-0.15, -0.1) is 0 Å². The van der Waals surface area contributed by atoms with Gasteiger partial charge in [0.25, 0.3) is 0 Å². The maximum Gasteiger partial charge on any atom is 0.178 e. The number of carbonyl (C=O) groups excluding carboxylic acids is 2. The fourth-order valence-corrected chi connectivity index (χ4v) is 4.12. The van der Waals surface area contributed by atoms with E-state index in [4.69, 9.17) is 9.47 Å². The van der Waals surface area contributed by atoms with Gasteiger partial charge in [0.05, 0.1) is 19.1 Å². The first-order valence-electron chi connectivity index (χ1n) is 7.01. The van der Waals surface area contributed by atoms with Crippen LogP contribution in [0.1, 0.15) is 38.5 Å². The average molecular weight is 252 g/mol. The zero-order chi connectivity index (χ0) is 12.6. The van der Waals surface area contributed by atoms with Crippen LogP contribution in [-0.2, 0) is 19.1 Å². The molecule has 1 saturated heterocycles. The van der Waals surface area contributed by atoms with Crippen LogP contribution in [0.3, 0.4) is 0 Å². The highest BCUT2D eigenvalue weighted by atomic mass is 16.7. The molecule has 2 saturated carbocycles. The first-order valence-corrected chi connectivity index (χ1v) is 7.01. The second-order valence-corrected chi connectivity index (χ2v) is 5.72. The highest BCUT2D eigenvalue weighted by Crippen LogP contribution is 2.55. The Morgan fingerprint density at radius 3 is 2.83 bits per heavy atom. The molecule has 0 aromatic heterocycles. The molecule has 100 valence electrons. The molecule has 4 nitrogen and oxygen atoms in total. The number of unbranched alkanes of at least 4 members (excludes halogenated alkanes) is 1. The highest BCUT2D eigenvalue weighted by Gasteiger charge is 2.60. The molecule has 3 rings (SSSR count). The third kappa shape index (κ3) is 1.82. The van der Waals surface area contributed by atoms with E-state index < -0.39 is 5.79 Å². The largest absolute Gasteiger partial charge is 0.347 e. The maximum atomic E-state index is 12.2. The molecule has 18 heavy (non-hydrogen) atoms. The topological polar surface area (TPSA) is 52.6 Å². The van der Waals surface area contributed by atoms with Gasteiger partial charge in [-0.1, -0.05) is 0 Å². The summed E-state index contributed by atoms with van der Waals surface area (Å²) in [5.74, 6) is 0.551. The van der Waals surface area contributed by atoms with Crippen molar-refractivity contribution in [2.24, 2.45) is 17.8 Å². The zero-order valence-electron chi connectivity index (χ0n) is 10.6. The summed E-state index contributed by atoms with van der Waals surface area (Å²) in [6, 6.07) is 0. The van der Waals surface area contributed by atoms with Crippen LogP contribution in [0, 0.1) is 17.8 Å². The van der Waals surface area contributed by atoms with Crippen molar-refractivity contribution in [3.8, 4) is 0 Å². The molecule has 0 radical (unpaired) electrons. The Labute approximate surface area is 107 Å². The summed E-state index contributed by atoms with van der Waals surface area (Å²) in [5, 5.41) is 0. The molecular formula is C14H20O4. The van der Waals surface area contributed by atoms with Gasteiger partial charge in [0.15, 0.2) is 5.79 Å². The van der Waals surface area contributed by atoms with Crippen LogP contribution in [-0.4, -0.2) is 31.1 Å². The Balaban J connectivity index is 1.69. The van der Waals surface area contributed by atoms with Crippen LogP contribution in [0.15, 0.2) is 0 Å². The maximum absolute atomic E-state index is 12.2. The molecule has 0 aromatic carbocycles. The third-order valence-corrected chi connectivity index (χ3v) is 4.82. The third-order valence-electron chi connectivity index (χ3n) is 4.82. The lowest BCUT2D eigenvalue weighted by Crippen LogP contribution is -2.38. The predicted molar refractivity (Wildman–Crippen MR) is 63.9 cm³/mol. The first kappa shape index (κ1) is 12.3. The molecule has 1 unspecified atom stereocenters. The SMILES string of the molecule is O=CCCCC1CC(=O)[C@H]2[C@@H]1CCC21OCCO1. The fraction of sp³-hybridized carbons (Fsp3) is 0.857. The molecule has 1 aliphatic heterocycles. The van der Waals surface area contributed by atoms with E-state index in [2.05, 4.69) is 0 Å². The standard InChI is InChI=1S/C14H20O4/c15-6-2-1-3-10-9-12(16)13-11(10)4-5-14(13)17-7-8-18-14/h6,10-11,13H,1-5,7-9H2/t10?,11-,13-/m1/s1. The Kier molecular flexibility index (Phi) is 3.24. The summed E-state index contributed by atoms with van der Waals surface area (Å²) in [5.41, 5.74) is 0. The fourth-order valence-electron chi connectivity index (χ4n) is 4.12. The van der Waals surface area contributed by atoms with E-state index in [0.29, 0.717) is 43.7 Å². The lowest BCUT2D eigenvalue weighted by atomic mass is 9.87. The van der Waals surface area contributed by atoms with Crippen LogP contribution in [0.2, 0.25) is 0 Å². The molecule has 4 heteroatoms. The zero-order valence-corrected chi connectivity index (χ0v) is 10.6. The molecule has 2 aliphatic carbocycles. The van der Waals surface area contributed by atoms with Crippen LogP contribution in [0.5, 0.6) is 0 Å². The van der Waals surface area contributed by atoms with Gasteiger partial charge in [-0.05, 0) is 31.1 Å². The summed E-state index contributed by atoms with van der Waals surface area (Å²) >= 11 is 0. The van der Waals surface area contributed by atoms with Crippen molar-refractivity contribution in [1.29, 1.82) is 0 Å². The molecule has 3 atom stereocenters. The van der Waals surface area contributed by atoms with Gasteiger partial charge in [0, 0.05) is 19.3 Å². The normalized spacial score (nSPS) is 37.3. The smallest absolute Gasteiger partial charge is 0.178 e. The molecule has 1 spiro atoms. The van der Waals surface area contributed by atoms with Crippen molar-refractivity contribution >= 4 is 12.1 Å². The van der Waals surface area contributed by atoms with Crippen LogP contribution < -0.4 is 0 Å². The molecule has 3 fully saturated rings. The number of ether oxygens (including phenoxy) is 2. The van der Waals surface area contributed by atoms with Crippen molar-refractivity contribution in [3.63, 3.8) is 0 Å². The number of hydrogen-bond acceptors (Lipinski definition) is 4. The first-order chi connectivity index (χ1) is 8.77. The van der Waals surface area contributed by atoms with Crippen molar-refractivity contribution in [2.75, 3.05) is 13.2 Å². The van der Waals surface area contributed by atoms with E-state index in [1.54, 1.807) is 0 Å². The van der Waals surface area contributed by atoms with E-state index in [1.165, 1.54) is 0 Å². The predicted octanol–water partition coefficient (Wildman–Crippen LogP) is 1.71. The van der Waals surface area contributed by atoms with Gasteiger partial charge in [-0.2, -0.15) is 0 Å². The van der Waals surface area contributed by atoms with E-state index in [9.17, 15) is 9.59 Å². The van der Waals surface area contributed by atoms with Gasteiger partial charge in [0.2, 0.25) is 0 Å². The molecule has 0 bridgehead atoms. The van der Waals surface area contributed by atoms with Gasteiger partial charge >= 0.3 is 0 Å². The van der Waals surface area contributed by atoms with Crippen LogP contribution in [0.4, 0.5) is 0 Å². The quantitative estimate of drug-likeness (QED) is 0.564. The Morgan fingerprint density at radius 2 is 2.11 bits per heavy atom. The Hall–Kier alpha value is -0.740. The second-order valence-electron chi connectivity index (χ2n) is 5.72. The van der Waals surface area contributed by atoms with E-state index >= 15 is 0 Å². The minimum atomic E-state index is -0.582. The van der Waals surface area contributed by atoms with Gasteiger partial charge < -0.3 is 14.3 Å². The summed E-state index contributed by atoms with van der Waals surface area (Å²) in [6.45, 7) is 1.23. The minimum Gasteiger partial charge on any atom is -0.347 e. The Bertz CT molecular complexity index is 346. The summed E-state index contributed by atoms with van der Waals surface area (Å²) in [7, 11) is 0. The molecule has 3 aliphatic rings. The van der Waals surface area contributed by atoms with E-state index in [-0.39, 0.29) is 5.92 Å². The minimum absolute atomic E-state index is 0.0405. The number of hydrogen-bond donors (Lipinski definition) is 0. The summed E-state index contributed by atoms with van der Waals surface area (Å²) in [6.07, 6.45) is 6.01. The van der Waals surface area contributed by atoms with Crippen LogP contribution in [0.25, 0.3) is 0 Å². The summed E-state index contributed by atoms with van der Waals surface area (Å²) in [4.78, 5) is 22.6. The molecule has 0 aromatic rings. The number of aldehydes is 1. The van der Waals surface area contributed by atoms with E-state index in [0.717, 1.165) is 32.0 Å². The average Bonchev–Trinajstić information content (AvgIpc) is 3.03. The lowest BCUT2D eigenvalue weighted by Gasteiger charge is -2.27. The Morgan fingerprint density at radius 1 is 1.33 bits per heavy atom. The van der Waals surface area contributed by atoms with Gasteiger partial charge in [-0.3, -0.25) is 4.79 Å². The molecular weight excluding hydrogens is 232 g/mol. The number of rotatable bonds is 4. The monoisotopic (exact) mass is 252 g/mol. The lowest BCUT2D eigenvalue weighted by molar-refractivity contribution is -0.186. The van der Waals surface area contributed by atoms with Crippen molar-refractivity contribution in [3.05, 3.63) is 0 Å². The van der Waals surface area contributed by atoms with Crippen molar-refractivity contribution in [2.45, 2.75) is 44.3 Å². The van der Waals surface area contributed by atoms with Crippen molar-refractivity contribution in [1.82, 2.24) is 0 Å². The highest BCUT2D eigenvalue weighted by molar-refractivity contribution is 5.85. The second kappa shape index (κ2) is 4.74. The van der Waals surface area contributed by atoms with Gasteiger partial charge in [-0.25, -0.2) is 0 Å². The molecule has 0 amide bonds. The molecule has 1 heterocycles.